The molecule has 2 aromatic carbocycles. The molecule has 4 N–H and O–H groups in total. The molecule has 11 heteroatoms. The average Bonchev–Trinajstić information content (AvgIpc) is 2.77. The SMILES string of the molecule is O=C(O)c1cccc(COc2ccc(S(=O)(=O)N3CCC(O)CC3C(=O)NO)cc2)c1. The van der Waals surface area contributed by atoms with E-state index in [-0.39, 0.29) is 36.5 Å². The minimum atomic E-state index is -4.06. The molecule has 166 valence electrons. The third-order valence-corrected chi connectivity index (χ3v) is 6.87. The van der Waals surface area contributed by atoms with E-state index < -0.39 is 34.0 Å². The van der Waals surface area contributed by atoms with Gasteiger partial charge in [0.25, 0.3) is 5.91 Å². The van der Waals surface area contributed by atoms with Crippen LogP contribution in [0.3, 0.4) is 0 Å². The van der Waals surface area contributed by atoms with E-state index in [2.05, 4.69) is 0 Å². The van der Waals surface area contributed by atoms with Crippen molar-refractivity contribution in [2.75, 3.05) is 6.54 Å². The maximum absolute atomic E-state index is 13.0. The summed E-state index contributed by atoms with van der Waals surface area (Å²) in [5.41, 5.74) is 2.22. The van der Waals surface area contributed by atoms with Crippen molar-refractivity contribution in [2.24, 2.45) is 0 Å². The number of amides is 1. The number of piperidine rings is 1. The van der Waals surface area contributed by atoms with Crippen LogP contribution in [-0.4, -0.2) is 58.7 Å². The van der Waals surface area contributed by atoms with Crippen LogP contribution >= 0.6 is 0 Å². The van der Waals surface area contributed by atoms with Crippen molar-refractivity contribution < 1.29 is 38.2 Å². The van der Waals surface area contributed by atoms with Gasteiger partial charge in [0.2, 0.25) is 10.0 Å². The summed E-state index contributed by atoms with van der Waals surface area (Å²) in [6, 6.07) is 10.6. The lowest BCUT2D eigenvalue weighted by Gasteiger charge is -2.35. The molecule has 1 saturated heterocycles. The quantitative estimate of drug-likeness (QED) is 0.360. The first kappa shape index (κ1) is 22.7. The summed E-state index contributed by atoms with van der Waals surface area (Å²) in [4.78, 5) is 22.9. The predicted molar refractivity (Wildman–Crippen MR) is 107 cm³/mol. The number of aliphatic hydroxyl groups excluding tert-OH is 1. The Kier molecular flexibility index (Phi) is 6.91. The van der Waals surface area contributed by atoms with Gasteiger partial charge in [0.1, 0.15) is 18.4 Å². The van der Waals surface area contributed by atoms with Gasteiger partial charge in [-0.15, -0.1) is 0 Å². The molecule has 31 heavy (non-hydrogen) atoms. The molecular weight excluding hydrogens is 428 g/mol. The Bertz CT molecular complexity index is 1060. The third kappa shape index (κ3) is 5.20. The highest BCUT2D eigenvalue weighted by atomic mass is 32.2. The number of benzene rings is 2. The zero-order chi connectivity index (χ0) is 22.6. The van der Waals surface area contributed by atoms with E-state index in [1.807, 2.05) is 0 Å². The van der Waals surface area contributed by atoms with Gasteiger partial charge in [-0.25, -0.2) is 18.7 Å². The first-order valence-corrected chi connectivity index (χ1v) is 10.9. The Morgan fingerprint density at radius 1 is 1.16 bits per heavy atom. The highest BCUT2D eigenvalue weighted by Gasteiger charge is 2.40. The molecule has 0 aromatic heterocycles. The number of carboxylic acids is 1. The molecule has 1 heterocycles. The fraction of sp³-hybridized carbons (Fsp3) is 0.300. The molecule has 0 spiro atoms. The average molecular weight is 450 g/mol. The van der Waals surface area contributed by atoms with Crippen LogP contribution in [0.15, 0.2) is 53.4 Å². The van der Waals surface area contributed by atoms with E-state index in [4.69, 9.17) is 15.1 Å². The van der Waals surface area contributed by atoms with Crippen molar-refractivity contribution in [3.05, 3.63) is 59.7 Å². The highest BCUT2D eigenvalue weighted by Crippen LogP contribution is 2.27. The van der Waals surface area contributed by atoms with Crippen LogP contribution in [0, 0.1) is 0 Å². The minimum absolute atomic E-state index is 0.0696. The van der Waals surface area contributed by atoms with Crippen LogP contribution in [0.1, 0.15) is 28.8 Å². The zero-order valence-electron chi connectivity index (χ0n) is 16.3. The minimum Gasteiger partial charge on any atom is -0.489 e. The Balaban J connectivity index is 1.73. The first-order chi connectivity index (χ1) is 14.7. The summed E-state index contributed by atoms with van der Waals surface area (Å²) in [5, 5.41) is 27.7. The number of aromatic carboxylic acids is 1. The number of nitrogens with one attached hydrogen (secondary N) is 1. The van der Waals surface area contributed by atoms with Crippen LogP contribution in [-0.2, 0) is 21.4 Å². The largest absolute Gasteiger partial charge is 0.489 e. The number of hydroxylamine groups is 1. The summed E-state index contributed by atoms with van der Waals surface area (Å²) in [6.45, 7) is 0.0235. The van der Waals surface area contributed by atoms with Crippen molar-refractivity contribution >= 4 is 21.9 Å². The van der Waals surface area contributed by atoms with Gasteiger partial charge < -0.3 is 14.9 Å². The van der Waals surface area contributed by atoms with Crippen molar-refractivity contribution in [1.82, 2.24) is 9.79 Å². The van der Waals surface area contributed by atoms with E-state index in [0.29, 0.717) is 11.3 Å². The van der Waals surface area contributed by atoms with E-state index in [1.54, 1.807) is 12.1 Å². The maximum atomic E-state index is 13.0. The summed E-state index contributed by atoms with van der Waals surface area (Å²) in [7, 11) is -4.06. The van der Waals surface area contributed by atoms with Gasteiger partial charge in [-0.3, -0.25) is 10.0 Å². The molecule has 0 radical (unpaired) electrons. The van der Waals surface area contributed by atoms with E-state index >= 15 is 0 Å². The standard InChI is InChI=1S/C20H22N2O8S/c23-15-8-9-22(18(11-15)19(24)21-27)31(28,29)17-6-4-16(5-7-17)30-12-13-2-1-3-14(10-13)20(25)26/h1-7,10,15,18,23,27H,8-9,11-12H2,(H,21,24)(H,25,26). The summed E-state index contributed by atoms with van der Waals surface area (Å²) in [6.07, 6.45) is -0.795. The molecule has 3 rings (SSSR count). The second kappa shape index (κ2) is 9.43. The first-order valence-electron chi connectivity index (χ1n) is 9.41. The molecule has 0 aliphatic carbocycles. The normalized spacial score (nSPS) is 19.5. The van der Waals surface area contributed by atoms with E-state index in [9.17, 15) is 23.1 Å². The molecule has 1 amide bonds. The molecule has 2 atom stereocenters. The van der Waals surface area contributed by atoms with Gasteiger partial charge in [0.15, 0.2) is 0 Å². The number of rotatable bonds is 7. The van der Waals surface area contributed by atoms with Crippen molar-refractivity contribution in [2.45, 2.75) is 36.5 Å². The number of hydrogen-bond donors (Lipinski definition) is 4. The van der Waals surface area contributed by atoms with Crippen molar-refractivity contribution in [3.8, 4) is 5.75 Å². The number of aliphatic hydroxyl groups is 1. The number of carbonyl (C=O) groups is 2. The van der Waals surface area contributed by atoms with Gasteiger partial charge in [-0.1, -0.05) is 12.1 Å². The molecule has 2 unspecified atom stereocenters. The fourth-order valence-corrected chi connectivity index (χ4v) is 4.94. The monoisotopic (exact) mass is 450 g/mol. The molecule has 0 saturated carbocycles. The molecule has 10 nitrogen and oxygen atoms in total. The van der Waals surface area contributed by atoms with Crippen LogP contribution in [0.5, 0.6) is 5.75 Å². The number of hydrogen-bond acceptors (Lipinski definition) is 7. The molecule has 1 aliphatic rings. The smallest absolute Gasteiger partial charge is 0.335 e. The topological polar surface area (TPSA) is 153 Å². The number of carboxylic acid groups (broad SMARTS) is 1. The van der Waals surface area contributed by atoms with Crippen LogP contribution in [0.2, 0.25) is 0 Å². The maximum Gasteiger partial charge on any atom is 0.335 e. The number of sulfonamides is 1. The number of nitrogens with zero attached hydrogens (tertiary/aromatic N) is 1. The highest BCUT2D eigenvalue weighted by molar-refractivity contribution is 7.89. The Labute approximate surface area is 178 Å². The lowest BCUT2D eigenvalue weighted by molar-refractivity contribution is -0.135. The lowest BCUT2D eigenvalue weighted by Crippen LogP contribution is -2.54. The van der Waals surface area contributed by atoms with Crippen molar-refractivity contribution in [3.63, 3.8) is 0 Å². The van der Waals surface area contributed by atoms with Gasteiger partial charge in [-0.2, -0.15) is 4.31 Å². The second-order valence-corrected chi connectivity index (χ2v) is 8.94. The fourth-order valence-electron chi connectivity index (χ4n) is 3.33. The summed E-state index contributed by atoms with van der Waals surface area (Å²) in [5.74, 6) is -1.58. The predicted octanol–water partition coefficient (Wildman–Crippen LogP) is 0.983. The number of ether oxygens (including phenoxy) is 1. The van der Waals surface area contributed by atoms with Crippen LogP contribution in [0.25, 0.3) is 0 Å². The van der Waals surface area contributed by atoms with Crippen LogP contribution in [0.4, 0.5) is 0 Å². The van der Waals surface area contributed by atoms with Gasteiger partial charge in [0.05, 0.1) is 16.6 Å². The molecule has 2 aromatic rings. The molecule has 0 bridgehead atoms. The van der Waals surface area contributed by atoms with Gasteiger partial charge in [-0.05, 0) is 54.8 Å². The number of carbonyl (C=O) groups excluding carboxylic acids is 1. The zero-order valence-corrected chi connectivity index (χ0v) is 17.2. The Morgan fingerprint density at radius 3 is 2.52 bits per heavy atom. The second-order valence-electron chi connectivity index (χ2n) is 7.05. The lowest BCUT2D eigenvalue weighted by atomic mass is 10.0. The van der Waals surface area contributed by atoms with E-state index in [1.165, 1.54) is 41.9 Å². The Morgan fingerprint density at radius 2 is 1.87 bits per heavy atom. The van der Waals surface area contributed by atoms with Gasteiger partial charge >= 0.3 is 5.97 Å². The molecule has 1 aliphatic heterocycles. The molecule has 1 fully saturated rings. The van der Waals surface area contributed by atoms with Gasteiger partial charge in [0, 0.05) is 6.54 Å². The molecular formula is C20H22N2O8S. The van der Waals surface area contributed by atoms with E-state index in [0.717, 1.165) is 4.31 Å². The third-order valence-electron chi connectivity index (χ3n) is 4.95. The summed E-state index contributed by atoms with van der Waals surface area (Å²) < 4.78 is 32.6. The Hall–Kier alpha value is -2.99. The van der Waals surface area contributed by atoms with Crippen molar-refractivity contribution in [1.29, 1.82) is 0 Å². The van der Waals surface area contributed by atoms with Crippen LogP contribution < -0.4 is 10.2 Å². The summed E-state index contributed by atoms with van der Waals surface area (Å²) >= 11 is 0.